The summed E-state index contributed by atoms with van der Waals surface area (Å²) in [6.45, 7) is 5.00. The number of fused-ring (bicyclic) bond motifs is 1. The summed E-state index contributed by atoms with van der Waals surface area (Å²) in [7, 11) is 0. The zero-order chi connectivity index (χ0) is 14.7. The molecule has 0 amide bonds. The summed E-state index contributed by atoms with van der Waals surface area (Å²) in [5.74, 6) is 1.31. The van der Waals surface area contributed by atoms with Gasteiger partial charge in [0, 0.05) is 12.2 Å². The number of nitrogens with zero attached hydrogens (tertiary/aromatic N) is 3. The Morgan fingerprint density at radius 2 is 2.14 bits per heavy atom. The maximum absolute atomic E-state index is 4.53. The molecule has 108 valence electrons. The molecule has 0 fully saturated rings. The Labute approximate surface area is 123 Å². The van der Waals surface area contributed by atoms with E-state index in [4.69, 9.17) is 0 Å². The van der Waals surface area contributed by atoms with E-state index in [0.717, 1.165) is 30.0 Å². The van der Waals surface area contributed by atoms with Gasteiger partial charge in [-0.25, -0.2) is 4.98 Å². The van der Waals surface area contributed by atoms with Gasteiger partial charge >= 0.3 is 0 Å². The Morgan fingerprint density at radius 3 is 2.95 bits per heavy atom. The van der Waals surface area contributed by atoms with Crippen LogP contribution in [-0.4, -0.2) is 26.5 Å². The Kier molecular flexibility index (Phi) is 3.68. The number of aromatic nitrogens is 4. The van der Waals surface area contributed by atoms with Gasteiger partial charge in [-0.1, -0.05) is 19.1 Å². The number of anilines is 3. The molecular weight excluding hydrogens is 264 g/mol. The molecule has 0 unspecified atom stereocenters. The topological polar surface area (TPSA) is 78.5 Å². The number of H-pyrrole nitrogens is 1. The van der Waals surface area contributed by atoms with E-state index in [2.05, 4.69) is 56.5 Å². The van der Waals surface area contributed by atoms with Crippen LogP contribution in [0.15, 0.2) is 30.6 Å². The van der Waals surface area contributed by atoms with E-state index in [-0.39, 0.29) is 0 Å². The molecule has 3 N–H and O–H groups in total. The van der Waals surface area contributed by atoms with Gasteiger partial charge in [-0.2, -0.15) is 9.97 Å². The summed E-state index contributed by atoms with van der Waals surface area (Å²) in [6, 6.07) is 8.16. The second-order valence-electron chi connectivity index (χ2n) is 4.92. The van der Waals surface area contributed by atoms with Crippen molar-refractivity contribution in [1.29, 1.82) is 0 Å². The SMILES string of the molecule is CCCNc1nc(Nc2cccc(C)c2)c2[nH]cnc2n1. The molecule has 0 spiro atoms. The van der Waals surface area contributed by atoms with Crippen molar-refractivity contribution in [1.82, 2.24) is 19.9 Å². The smallest absolute Gasteiger partial charge is 0.226 e. The standard InChI is InChI=1S/C15H18N6/c1-3-7-16-15-20-13-12(17-9-18-13)14(21-15)19-11-6-4-5-10(2)8-11/h4-6,8-9H,3,7H2,1-2H3,(H3,16,17,18,19,20,21). The van der Waals surface area contributed by atoms with Crippen molar-refractivity contribution in [3.63, 3.8) is 0 Å². The molecule has 0 aliphatic rings. The van der Waals surface area contributed by atoms with Gasteiger partial charge in [0.2, 0.25) is 5.95 Å². The van der Waals surface area contributed by atoms with Crippen LogP contribution in [0.2, 0.25) is 0 Å². The van der Waals surface area contributed by atoms with Gasteiger partial charge in [0.15, 0.2) is 11.5 Å². The summed E-state index contributed by atoms with van der Waals surface area (Å²) < 4.78 is 0. The molecule has 3 rings (SSSR count). The van der Waals surface area contributed by atoms with Gasteiger partial charge in [0.1, 0.15) is 5.52 Å². The van der Waals surface area contributed by atoms with E-state index in [9.17, 15) is 0 Å². The highest BCUT2D eigenvalue weighted by Crippen LogP contribution is 2.23. The Bertz CT molecular complexity index is 749. The number of hydrogen-bond acceptors (Lipinski definition) is 5. The minimum Gasteiger partial charge on any atom is -0.354 e. The third-order valence-corrected chi connectivity index (χ3v) is 3.10. The van der Waals surface area contributed by atoms with E-state index < -0.39 is 0 Å². The van der Waals surface area contributed by atoms with E-state index in [1.807, 2.05) is 12.1 Å². The van der Waals surface area contributed by atoms with Crippen molar-refractivity contribution in [2.75, 3.05) is 17.2 Å². The lowest BCUT2D eigenvalue weighted by Gasteiger charge is -2.09. The predicted molar refractivity (Wildman–Crippen MR) is 84.9 cm³/mol. The van der Waals surface area contributed by atoms with Crippen molar-refractivity contribution in [2.45, 2.75) is 20.3 Å². The van der Waals surface area contributed by atoms with Crippen molar-refractivity contribution < 1.29 is 0 Å². The molecule has 1 aromatic carbocycles. The lowest BCUT2D eigenvalue weighted by Crippen LogP contribution is -2.06. The first-order valence-electron chi connectivity index (χ1n) is 7.05. The summed E-state index contributed by atoms with van der Waals surface area (Å²) in [6.07, 6.45) is 2.65. The Hall–Kier alpha value is -2.63. The van der Waals surface area contributed by atoms with Crippen molar-refractivity contribution in [2.24, 2.45) is 0 Å². The molecule has 0 radical (unpaired) electrons. The number of nitrogens with one attached hydrogen (secondary N) is 3. The maximum Gasteiger partial charge on any atom is 0.226 e. The van der Waals surface area contributed by atoms with Crippen LogP contribution in [0.3, 0.4) is 0 Å². The largest absolute Gasteiger partial charge is 0.354 e. The average Bonchev–Trinajstić information content (AvgIpc) is 2.94. The molecule has 2 heterocycles. The summed E-state index contributed by atoms with van der Waals surface area (Å²) in [5.41, 5.74) is 3.64. The highest BCUT2D eigenvalue weighted by molar-refractivity contribution is 5.86. The van der Waals surface area contributed by atoms with Gasteiger partial charge in [0.05, 0.1) is 6.33 Å². The average molecular weight is 282 g/mol. The monoisotopic (exact) mass is 282 g/mol. The third kappa shape index (κ3) is 2.94. The van der Waals surface area contributed by atoms with Gasteiger partial charge in [-0.15, -0.1) is 0 Å². The number of benzene rings is 1. The van der Waals surface area contributed by atoms with Gasteiger partial charge in [-0.05, 0) is 31.0 Å². The lowest BCUT2D eigenvalue weighted by molar-refractivity contribution is 0.956. The van der Waals surface area contributed by atoms with Crippen molar-refractivity contribution in [3.05, 3.63) is 36.2 Å². The molecule has 6 heteroatoms. The minimum atomic E-state index is 0.589. The molecule has 21 heavy (non-hydrogen) atoms. The molecule has 0 saturated heterocycles. The second kappa shape index (κ2) is 5.78. The molecule has 2 aromatic heterocycles. The fraction of sp³-hybridized carbons (Fsp3) is 0.267. The van der Waals surface area contributed by atoms with Crippen LogP contribution in [-0.2, 0) is 0 Å². The Balaban J connectivity index is 1.97. The number of hydrogen-bond donors (Lipinski definition) is 3. The highest BCUT2D eigenvalue weighted by Gasteiger charge is 2.10. The van der Waals surface area contributed by atoms with Crippen LogP contribution in [0.5, 0.6) is 0 Å². The van der Waals surface area contributed by atoms with E-state index in [0.29, 0.717) is 11.6 Å². The molecule has 6 nitrogen and oxygen atoms in total. The van der Waals surface area contributed by atoms with Crippen LogP contribution in [0.4, 0.5) is 17.5 Å². The first-order valence-corrected chi connectivity index (χ1v) is 7.05. The minimum absolute atomic E-state index is 0.589. The molecule has 0 saturated carbocycles. The fourth-order valence-corrected chi connectivity index (χ4v) is 2.10. The molecule has 3 aromatic rings. The summed E-state index contributed by atoms with van der Waals surface area (Å²) in [4.78, 5) is 16.2. The molecular formula is C15H18N6. The summed E-state index contributed by atoms with van der Waals surface area (Å²) in [5, 5.41) is 6.53. The van der Waals surface area contributed by atoms with Gasteiger partial charge in [-0.3, -0.25) is 0 Å². The first-order chi connectivity index (χ1) is 10.3. The predicted octanol–water partition coefficient (Wildman–Crippen LogP) is 3.23. The van der Waals surface area contributed by atoms with Crippen LogP contribution >= 0.6 is 0 Å². The van der Waals surface area contributed by atoms with Crippen molar-refractivity contribution in [3.8, 4) is 0 Å². The van der Waals surface area contributed by atoms with Crippen LogP contribution < -0.4 is 10.6 Å². The number of imidazole rings is 1. The third-order valence-electron chi connectivity index (χ3n) is 3.10. The lowest BCUT2D eigenvalue weighted by atomic mass is 10.2. The number of aryl methyl sites for hydroxylation is 1. The zero-order valence-corrected chi connectivity index (χ0v) is 12.1. The van der Waals surface area contributed by atoms with Crippen LogP contribution in [0, 0.1) is 6.92 Å². The Morgan fingerprint density at radius 1 is 1.24 bits per heavy atom. The zero-order valence-electron chi connectivity index (χ0n) is 12.1. The molecule has 0 bridgehead atoms. The van der Waals surface area contributed by atoms with Crippen LogP contribution in [0.1, 0.15) is 18.9 Å². The molecule has 0 atom stereocenters. The fourth-order valence-electron chi connectivity index (χ4n) is 2.10. The van der Waals surface area contributed by atoms with E-state index >= 15 is 0 Å². The van der Waals surface area contributed by atoms with Gasteiger partial charge in [0.25, 0.3) is 0 Å². The molecule has 0 aliphatic heterocycles. The van der Waals surface area contributed by atoms with Crippen molar-refractivity contribution >= 4 is 28.6 Å². The van der Waals surface area contributed by atoms with E-state index in [1.54, 1.807) is 6.33 Å². The maximum atomic E-state index is 4.53. The van der Waals surface area contributed by atoms with Crippen LogP contribution in [0.25, 0.3) is 11.2 Å². The van der Waals surface area contributed by atoms with E-state index in [1.165, 1.54) is 5.56 Å². The number of aromatic amines is 1. The highest BCUT2D eigenvalue weighted by atomic mass is 15.2. The van der Waals surface area contributed by atoms with Gasteiger partial charge < -0.3 is 15.6 Å². The quantitative estimate of drug-likeness (QED) is 0.669. The second-order valence-corrected chi connectivity index (χ2v) is 4.92. The molecule has 0 aliphatic carbocycles. The number of rotatable bonds is 5. The summed E-state index contributed by atoms with van der Waals surface area (Å²) >= 11 is 0. The normalized spacial score (nSPS) is 10.8. The first kappa shape index (κ1) is 13.4.